The summed E-state index contributed by atoms with van der Waals surface area (Å²) >= 11 is 0. The minimum Gasteiger partial charge on any atom is -0.489 e. The maximum absolute atomic E-state index is 12.6. The molecule has 4 nitrogen and oxygen atoms in total. The van der Waals surface area contributed by atoms with Crippen LogP contribution in [0.4, 0.5) is 0 Å². The lowest BCUT2D eigenvalue weighted by atomic mass is 10.1. The molecule has 0 bridgehead atoms. The minimum atomic E-state index is 0. The summed E-state index contributed by atoms with van der Waals surface area (Å²) in [6.45, 7) is 7.22. The van der Waals surface area contributed by atoms with Gasteiger partial charge in [-0.15, -0.1) is 12.4 Å². The van der Waals surface area contributed by atoms with Gasteiger partial charge in [0.25, 0.3) is 0 Å². The van der Waals surface area contributed by atoms with Crippen LogP contribution in [0.15, 0.2) is 48.5 Å². The number of carbonyl (C=O) groups is 1. The molecule has 1 heterocycles. The summed E-state index contributed by atoms with van der Waals surface area (Å²) in [5.41, 5.74) is 3.37. The molecule has 140 valence electrons. The topological polar surface area (TPSA) is 41.6 Å². The summed E-state index contributed by atoms with van der Waals surface area (Å²) in [6, 6.07) is 16.4. The zero-order chi connectivity index (χ0) is 17.6. The number of hydrogen-bond donors (Lipinski definition) is 1. The van der Waals surface area contributed by atoms with Gasteiger partial charge in [0.2, 0.25) is 5.91 Å². The van der Waals surface area contributed by atoms with E-state index in [1.165, 1.54) is 5.56 Å². The standard InChI is InChI=1S/C21H26N2O2.ClH/c1-16-5-3-7-19(11-16)15-25-20-8-4-6-18(12-20)13-21(24)23-10-9-22-14-17(23)2;/h3-8,11-12,17,22H,9-10,13-15H2,1-2H3;1H/t17-;/m1./s1. The fourth-order valence-corrected chi connectivity index (χ4v) is 3.20. The Morgan fingerprint density at radius 1 is 1.19 bits per heavy atom. The number of halogens is 1. The van der Waals surface area contributed by atoms with Crippen molar-refractivity contribution in [2.45, 2.75) is 32.9 Å². The van der Waals surface area contributed by atoms with Crippen LogP contribution in [0, 0.1) is 6.92 Å². The minimum absolute atomic E-state index is 0. The average Bonchev–Trinajstić information content (AvgIpc) is 2.61. The van der Waals surface area contributed by atoms with Crippen LogP contribution in [-0.2, 0) is 17.8 Å². The van der Waals surface area contributed by atoms with Crippen LogP contribution in [0.25, 0.3) is 0 Å². The number of carbonyl (C=O) groups excluding carboxylic acids is 1. The normalized spacial score (nSPS) is 16.7. The molecular weight excluding hydrogens is 348 g/mol. The third-order valence-corrected chi connectivity index (χ3v) is 4.56. The Hall–Kier alpha value is -2.04. The van der Waals surface area contributed by atoms with Gasteiger partial charge in [0.05, 0.1) is 6.42 Å². The van der Waals surface area contributed by atoms with E-state index in [1.54, 1.807) is 0 Å². The quantitative estimate of drug-likeness (QED) is 0.872. The number of nitrogens with one attached hydrogen (secondary N) is 1. The highest BCUT2D eigenvalue weighted by Crippen LogP contribution is 2.17. The molecule has 2 aromatic rings. The molecular formula is C21H27ClN2O2. The van der Waals surface area contributed by atoms with Crippen molar-refractivity contribution in [1.29, 1.82) is 0 Å². The Kier molecular flexibility index (Phi) is 7.49. The lowest BCUT2D eigenvalue weighted by Crippen LogP contribution is -2.52. The van der Waals surface area contributed by atoms with Gasteiger partial charge in [-0.2, -0.15) is 0 Å². The Morgan fingerprint density at radius 3 is 2.73 bits per heavy atom. The number of aryl methyl sites for hydroxylation is 1. The van der Waals surface area contributed by atoms with Crippen LogP contribution in [-0.4, -0.2) is 36.5 Å². The molecule has 1 aliphatic rings. The summed E-state index contributed by atoms with van der Waals surface area (Å²) in [5.74, 6) is 0.991. The van der Waals surface area contributed by atoms with Crippen molar-refractivity contribution in [1.82, 2.24) is 10.2 Å². The van der Waals surface area contributed by atoms with E-state index in [0.29, 0.717) is 13.0 Å². The predicted octanol–water partition coefficient (Wildman–Crippen LogP) is 3.36. The first-order valence-corrected chi connectivity index (χ1v) is 8.89. The summed E-state index contributed by atoms with van der Waals surface area (Å²) in [4.78, 5) is 14.5. The van der Waals surface area contributed by atoms with Crippen LogP contribution in [0.1, 0.15) is 23.6 Å². The zero-order valence-corrected chi connectivity index (χ0v) is 16.2. The van der Waals surface area contributed by atoms with Crippen molar-refractivity contribution < 1.29 is 9.53 Å². The molecule has 0 spiro atoms. The van der Waals surface area contributed by atoms with Gasteiger partial charge in [-0.25, -0.2) is 0 Å². The SMILES string of the molecule is Cc1cccc(COc2cccc(CC(=O)N3CCNC[C@H]3C)c2)c1.Cl. The highest BCUT2D eigenvalue weighted by Gasteiger charge is 2.22. The Balaban J connectivity index is 0.00000243. The maximum Gasteiger partial charge on any atom is 0.227 e. The average molecular weight is 375 g/mol. The summed E-state index contributed by atoms with van der Waals surface area (Å²) in [6.07, 6.45) is 0.423. The van der Waals surface area contributed by atoms with E-state index in [1.807, 2.05) is 35.2 Å². The molecule has 1 saturated heterocycles. The van der Waals surface area contributed by atoms with Crippen LogP contribution >= 0.6 is 12.4 Å². The lowest BCUT2D eigenvalue weighted by Gasteiger charge is -2.34. The number of piperazine rings is 1. The van der Waals surface area contributed by atoms with Gasteiger partial charge in [0.1, 0.15) is 12.4 Å². The molecule has 0 saturated carbocycles. The van der Waals surface area contributed by atoms with Gasteiger partial charge in [0, 0.05) is 25.7 Å². The van der Waals surface area contributed by atoms with Crippen LogP contribution in [0.5, 0.6) is 5.75 Å². The van der Waals surface area contributed by atoms with Crippen molar-refractivity contribution in [3.05, 3.63) is 65.2 Å². The second-order valence-corrected chi connectivity index (χ2v) is 6.74. The summed E-state index contributed by atoms with van der Waals surface area (Å²) in [5, 5.41) is 3.31. The fraction of sp³-hybridized carbons (Fsp3) is 0.381. The van der Waals surface area contributed by atoms with Gasteiger partial charge in [-0.1, -0.05) is 42.0 Å². The first kappa shape index (κ1) is 20.3. The molecule has 1 aliphatic heterocycles. The van der Waals surface area contributed by atoms with E-state index in [0.717, 1.165) is 36.5 Å². The van der Waals surface area contributed by atoms with E-state index < -0.39 is 0 Å². The summed E-state index contributed by atoms with van der Waals surface area (Å²) in [7, 11) is 0. The molecule has 0 aliphatic carbocycles. The number of amides is 1. The smallest absolute Gasteiger partial charge is 0.227 e. The first-order valence-electron chi connectivity index (χ1n) is 8.89. The van der Waals surface area contributed by atoms with Gasteiger partial charge in [-0.3, -0.25) is 4.79 Å². The highest BCUT2D eigenvalue weighted by molar-refractivity contribution is 5.85. The van der Waals surface area contributed by atoms with E-state index in [2.05, 4.69) is 37.4 Å². The number of nitrogens with zero attached hydrogens (tertiary/aromatic N) is 1. The molecule has 2 aromatic carbocycles. The van der Waals surface area contributed by atoms with E-state index in [4.69, 9.17) is 4.74 Å². The van der Waals surface area contributed by atoms with Gasteiger partial charge < -0.3 is 15.0 Å². The lowest BCUT2D eigenvalue weighted by molar-refractivity contribution is -0.133. The van der Waals surface area contributed by atoms with Gasteiger partial charge in [0.15, 0.2) is 0 Å². The van der Waals surface area contributed by atoms with Crippen molar-refractivity contribution in [2.75, 3.05) is 19.6 Å². The van der Waals surface area contributed by atoms with Gasteiger partial charge >= 0.3 is 0 Å². The molecule has 1 amide bonds. The monoisotopic (exact) mass is 374 g/mol. The van der Waals surface area contributed by atoms with Crippen molar-refractivity contribution in [2.24, 2.45) is 0 Å². The Bertz CT molecular complexity index is 735. The molecule has 5 heteroatoms. The molecule has 0 unspecified atom stereocenters. The number of benzene rings is 2. The van der Waals surface area contributed by atoms with Crippen molar-refractivity contribution >= 4 is 18.3 Å². The molecule has 0 radical (unpaired) electrons. The second-order valence-electron chi connectivity index (χ2n) is 6.74. The van der Waals surface area contributed by atoms with Crippen molar-refractivity contribution in [3.8, 4) is 5.75 Å². The van der Waals surface area contributed by atoms with Crippen molar-refractivity contribution in [3.63, 3.8) is 0 Å². The zero-order valence-electron chi connectivity index (χ0n) is 15.4. The molecule has 1 N–H and O–H groups in total. The molecule has 1 atom stereocenters. The predicted molar refractivity (Wildman–Crippen MR) is 107 cm³/mol. The number of rotatable bonds is 5. The molecule has 3 rings (SSSR count). The molecule has 26 heavy (non-hydrogen) atoms. The van der Waals surface area contributed by atoms with Crippen LogP contribution in [0.3, 0.4) is 0 Å². The molecule has 0 aromatic heterocycles. The third-order valence-electron chi connectivity index (χ3n) is 4.56. The fourth-order valence-electron chi connectivity index (χ4n) is 3.20. The largest absolute Gasteiger partial charge is 0.489 e. The van der Waals surface area contributed by atoms with Gasteiger partial charge in [-0.05, 0) is 37.1 Å². The summed E-state index contributed by atoms with van der Waals surface area (Å²) < 4.78 is 5.90. The van der Waals surface area contributed by atoms with Crippen LogP contribution in [0.2, 0.25) is 0 Å². The maximum atomic E-state index is 12.6. The second kappa shape index (κ2) is 9.60. The number of ether oxygens (including phenoxy) is 1. The Labute approximate surface area is 162 Å². The van der Waals surface area contributed by atoms with Crippen LogP contribution < -0.4 is 10.1 Å². The highest BCUT2D eigenvalue weighted by atomic mass is 35.5. The molecule has 1 fully saturated rings. The number of hydrogen-bond acceptors (Lipinski definition) is 3. The third kappa shape index (κ3) is 5.48. The van der Waals surface area contributed by atoms with E-state index in [9.17, 15) is 4.79 Å². The van der Waals surface area contributed by atoms with E-state index in [-0.39, 0.29) is 24.4 Å². The van der Waals surface area contributed by atoms with E-state index >= 15 is 0 Å². The Morgan fingerprint density at radius 2 is 1.96 bits per heavy atom. The first-order chi connectivity index (χ1) is 12.1.